The smallest absolute Gasteiger partial charge is 0.377 e. The van der Waals surface area contributed by atoms with Crippen molar-refractivity contribution in [2.45, 2.75) is 0 Å². The predicted octanol–water partition coefficient (Wildman–Crippen LogP) is 1.11. The van der Waals surface area contributed by atoms with Crippen LogP contribution in [0, 0.1) is 5.82 Å². The number of Topliss-reactive ketones (excluding diaryl/α,β-unsaturated/α-hetero) is 1. The van der Waals surface area contributed by atoms with Gasteiger partial charge in [-0.2, -0.15) is 0 Å². The highest BCUT2D eigenvalue weighted by atomic mass is 19.1. The molecule has 0 aliphatic heterocycles. The van der Waals surface area contributed by atoms with E-state index >= 15 is 0 Å². The second-order valence-electron chi connectivity index (χ2n) is 2.80. The SMILES string of the molecule is COc1ccc(C(=O)C(=O)O)c(F)c1OC. The van der Waals surface area contributed by atoms with Crippen LogP contribution >= 0.6 is 0 Å². The predicted molar refractivity (Wildman–Crippen MR) is 51.5 cm³/mol. The normalized spacial score (nSPS) is 9.69. The number of ether oxygens (including phenoxy) is 2. The summed E-state index contributed by atoms with van der Waals surface area (Å²) in [6, 6.07) is 2.30. The van der Waals surface area contributed by atoms with Crippen molar-refractivity contribution >= 4 is 11.8 Å². The van der Waals surface area contributed by atoms with E-state index in [1.165, 1.54) is 20.3 Å². The van der Waals surface area contributed by atoms with Gasteiger partial charge in [-0.3, -0.25) is 4.79 Å². The topological polar surface area (TPSA) is 72.8 Å². The summed E-state index contributed by atoms with van der Waals surface area (Å²) in [6.07, 6.45) is 0. The standard InChI is InChI=1S/C10H9FO5/c1-15-6-4-3-5(8(12)10(13)14)7(11)9(6)16-2/h3-4H,1-2H3,(H,13,14). The van der Waals surface area contributed by atoms with Crippen molar-refractivity contribution < 1.29 is 28.6 Å². The highest BCUT2D eigenvalue weighted by Crippen LogP contribution is 2.32. The van der Waals surface area contributed by atoms with Crippen LogP contribution in [-0.4, -0.2) is 31.1 Å². The fraction of sp³-hybridized carbons (Fsp3) is 0.200. The molecule has 0 spiro atoms. The van der Waals surface area contributed by atoms with E-state index in [4.69, 9.17) is 14.6 Å². The van der Waals surface area contributed by atoms with Gasteiger partial charge in [-0.05, 0) is 12.1 Å². The molecule has 1 rings (SSSR count). The fourth-order valence-corrected chi connectivity index (χ4v) is 1.18. The summed E-state index contributed by atoms with van der Waals surface area (Å²) in [6.45, 7) is 0. The Kier molecular flexibility index (Phi) is 3.44. The Bertz CT molecular complexity index is 441. The molecule has 1 N–H and O–H groups in total. The van der Waals surface area contributed by atoms with E-state index in [1.807, 2.05) is 0 Å². The number of aliphatic carboxylic acids is 1. The average molecular weight is 228 g/mol. The first-order chi connectivity index (χ1) is 7.52. The number of hydrogen-bond donors (Lipinski definition) is 1. The van der Waals surface area contributed by atoms with Crippen LogP contribution in [0.1, 0.15) is 10.4 Å². The number of methoxy groups -OCH3 is 2. The summed E-state index contributed by atoms with van der Waals surface area (Å²) in [7, 11) is 2.49. The molecule has 0 atom stereocenters. The molecule has 6 heteroatoms. The number of ketones is 1. The van der Waals surface area contributed by atoms with Gasteiger partial charge in [0.25, 0.3) is 5.78 Å². The molecule has 0 bridgehead atoms. The van der Waals surface area contributed by atoms with Gasteiger partial charge in [-0.25, -0.2) is 9.18 Å². The Balaban J connectivity index is 3.34. The molecule has 0 fully saturated rings. The number of rotatable bonds is 4. The Hall–Kier alpha value is -2.11. The molecular formula is C10H9FO5. The maximum Gasteiger partial charge on any atom is 0.377 e. The van der Waals surface area contributed by atoms with Crippen LogP contribution in [0.2, 0.25) is 0 Å². The van der Waals surface area contributed by atoms with Gasteiger partial charge in [-0.15, -0.1) is 0 Å². The molecule has 5 nitrogen and oxygen atoms in total. The maximum atomic E-state index is 13.6. The maximum absolute atomic E-state index is 13.6. The van der Waals surface area contributed by atoms with Crippen LogP contribution in [0.3, 0.4) is 0 Å². The Morgan fingerprint density at radius 2 is 1.88 bits per heavy atom. The van der Waals surface area contributed by atoms with E-state index < -0.39 is 23.1 Å². The van der Waals surface area contributed by atoms with Crippen molar-refractivity contribution in [3.63, 3.8) is 0 Å². The Morgan fingerprint density at radius 3 is 2.31 bits per heavy atom. The van der Waals surface area contributed by atoms with Gasteiger partial charge in [0.05, 0.1) is 19.8 Å². The molecule has 0 amide bonds. The van der Waals surface area contributed by atoms with Gasteiger partial charge in [0.1, 0.15) is 0 Å². The summed E-state index contributed by atoms with van der Waals surface area (Å²) in [5.74, 6) is -4.32. The third-order valence-electron chi connectivity index (χ3n) is 1.92. The van der Waals surface area contributed by atoms with Crippen molar-refractivity contribution in [2.24, 2.45) is 0 Å². The molecule has 1 aromatic carbocycles. The van der Waals surface area contributed by atoms with Gasteiger partial charge in [0.15, 0.2) is 17.3 Å². The molecule has 0 aliphatic rings. The molecule has 0 saturated heterocycles. The molecule has 86 valence electrons. The second kappa shape index (κ2) is 4.61. The van der Waals surface area contributed by atoms with Gasteiger partial charge in [0.2, 0.25) is 0 Å². The number of hydrogen-bond acceptors (Lipinski definition) is 4. The van der Waals surface area contributed by atoms with Crippen molar-refractivity contribution in [3.05, 3.63) is 23.5 Å². The molecule has 16 heavy (non-hydrogen) atoms. The van der Waals surface area contributed by atoms with E-state index in [9.17, 15) is 14.0 Å². The second-order valence-corrected chi connectivity index (χ2v) is 2.80. The average Bonchev–Trinajstić information content (AvgIpc) is 2.27. The zero-order valence-electron chi connectivity index (χ0n) is 8.61. The minimum atomic E-state index is -1.73. The monoisotopic (exact) mass is 228 g/mol. The van der Waals surface area contributed by atoms with Crippen molar-refractivity contribution in [1.82, 2.24) is 0 Å². The molecule has 1 aromatic rings. The van der Waals surface area contributed by atoms with E-state index in [1.54, 1.807) is 0 Å². The van der Waals surface area contributed by atoms with Crippen LogP contribution in [0.25, 0.3) is 0 Å². The third kappa shape index (κ3) is 1.95. The van der Waals surface area contributed by atoms with Crippen LogP contribution in [0.4, 0.5) is 4.39 Å². The van der Waals surface area contributed by atoms with Gasteiger partial charge >= 0.3 is 5.97 Å². The highest BCUT2D eigenvalue weighted by molar-refractivity contribution is 6.40. The number of halogens is 1. The van der Waals surface area contributed by atoms with Crippen LogP contribution in [-0.2, 0) is 4.79 Å². The Labute approximate surface area is 90.4 Å². The molecule has 0 aromatic heterocycles. The lowest BCUT2D eigenvalue weighted by molar-refractivity contribution is -0.131. The molecule has 0 saturated carbocycles. The number of carbonyl (C=O) groups is 2. The first-order valence-electron chi connectivity index (χ1n) is 4.21. The first kappa shape index (κ1) is 12.0. The van der Waals surface area contributed by atoms with E-state index in [2.05, 4.69) is 0 Å². The molecule has 0 aliphatic carbocycles. The van der Waals surface area contributed by atoms with Gasteiger partial charge in [-0.1, -0.05) is 0 Å². The third-order valence-corrected chi connectivity index (χ3v) is 1.92. The van der Waals surface area contributed by atoms with Crippen LogP contribution in [0.15, 0.2) is 12.1 Å². The summed E-state index contributed by atoms with van der Waals surface area (Å²) in [4.78, 5) is 21.5. The number of carbonyl (C=O) groups excluding carboxylic acids is 1. The van der Waals surface area contributed by atoms with E-state index in [0.717, 1.165) is 6.07 Å². The fourth-order valence-electron chi connectivity index (χ4n) is 1.18. The van der Waals surface area contributed by atoms with E-state index in [0.29, 0.717) is 0 Å². The quantitative estimate of drug-likeness (QED) is 0.617. The summed E-state index contributed by atoms with van der Waals surface area (Å²) in [5, 5.41) is 8.46. The lowest BCUT2D eigenvalue weighted by Crippen LogP contribution is -2.15. The zero-order valence-corrected chi connectivity index (χ0v) is 8.61. The molecule has 0 radical (unpaired) electrons. The van der Waals surface area contributed by atoms with Gasteiger partial charge < -0.3 is 14.6 Å². The largest absolute Gasteiger partial charge is 0.493 e. The lowest BCUT2D eigenvalue weighted by atomic mass is 10.1. The summed E-state index contributed by atoms with van der Waals surface area (Å²) >= 11 is 0. The first-order valence-corrected chi connectivity index (χ1v) is 4.21. The number of carboxylic acid groups (broad SMARTS) is 1. The van der Waals surface area contributed by atoms with Crippen LogP contribution in [0.5, 0.6) is 11.5 Å². The minimum absolute atomic E-state index is 0.0851. The van der Waals surface area contributed by atoms with Crippen molar-refractivity contribution in [1.29, 1.82) is 0 Å². The summed E-state index contributed by atoms with van der Waals surface area (Å²) < 4.78 is 23.1. The summed E-state index contributed by atoms with van der Waals surface area (Å²) in [5.41, 5.74) is -0.565. The van der Waals surface area contributed by atoms with Gasteiger partial charge in [0, 0.05) is 0 Å². The van der Waals surface area contributed by atoms with Crippen LogP contribution < -0.4 is 9.47 Å². The molecule has 0 unspecified atom stereocenters. The van der Waals surface area contributed by atoms with E-state index in [-0.39, 0.29) is 11.5 Å². The number of benzene rings is 1. The minimum Gasteiger partial charge on any atom is -0.493 e. The highest BCUT2D eigenvalue weighted by Gasteiger charge is 2.23. The number of carboxylic acids is 1. The lowest BCUT2D eigenvalue weighted by Gasteiger charge is -2.09. The molecule has 0 heterocycles. The van der Waals surface area contributed by atoms with Crippen molar-refractivity contribution in [2.75, 3.05) is 14.2 Å². The van der Waals surface area contributed by atoms with Crippen molar-refractivity contribution in [3.8, 4) is 11.5 Å². The zero-order chi connectivity index (χ0) is 12.3. The Morgan fingerprint density at radius 1 is 1.25 bits per heavy atom. The molecular weight excluding hydrogens is 219 g/mol.